The number of hydrogen-bond acceptors (Lipinski definition) is 6. The summed E-state index contributed by atoms with van der Waals surface area (Å²) in [5, 5.41) is 4.05. The summed E-state index contributed by atoms with van der Waals surface area (Å²) in [5.74, 6) is -0.646. The molecule has 0 aliphatic carbocycles. The Morgan fingerprint density at radius 2 is 1.82 bits per heavy atom. The molecule has 2 aliphatic heterocycles. The largest absolute Gasteiger partial charge is 0.493 e. The van der Waals surface area contributed by atoms with Crippen molar-refractivity contribution in [1.82, 2.24) is 0 Å². The van der Waals surface area contributed by atoms with Gasteiger partial charge in [-0.3, -0.25) is 9.59 Å². The number of ether oxygens (including phenoxy) is 2. The molecule has 2 aliphatic rings. The number of benzene rings is 2. The van der Waals surface area contributed by atoms with Gasteiger partial charge in [-0.05, 0) is 37.6 Å². The van der Waals surface area contributed by atoms with Gasteiger partial charge in [-0.25, -0.2) is 4.90 Å². The van der Waals surface area contributed by atoms with Crippen LogP contribution in [0.4, 0.5) is 5.69 Å². The van der Waals surface area contributed by atoms with Crippen molar-refractivity contribution in [2.75, 3.05) is 19.1 Å². The van der Waals surface area contributed by atoms with Gasteiger partial charge in [0.2, 0.25) is 12.0 Å². The maximum absolute atomic E-state index is 13.2. The minimum Gasteiger partial charge on any atom is -0.493 e. The third-order valence-corrected chi connectivity index (χ3v) is 5.08. The summed E-state index contributed by atoms with van der Waals surface area (Å²) in [6.07, 6.45) is -0.973. The van der Waals surface area contributed by atoms with Crippen molar-refractivity contribution in [2.24, 2.45) is 11.1 Å². The first kappa shape index (κ1) is 18.0. The van der Waals surface area contributed by atoms with Gasteiger partial charge < -0.3 is 14.3 Å². The van der Waals surface area contributed by atoms with Crippen LogP contribution in [-0.4, -0.2) is 37.8 Å². The van der Waals surface area contributed by atoms with E-state index in [1.54, 1.807) is 24.3 Å². The van der Waals surface area contributed by atoms with E-state index in [0.29, 0.717) is 28.5 Å². The van der Waals surface area contributed by atoms with Crippen LogP contribution in [-0.2, 0) is 14.4 Å². The molecular formula is C21H20N2O5. The molecule has 7 heteroatoms. The van der Waals surface area contributed by atoms with E-state index >= 15 is 0 Å². The van der Waals surface area contributed by atoms with Crippen molar-refractivity contribution < 1.29 is 23.9 Å². The number of oxime groups is 1. The SMILES string of the molecule is COc1cccc(C2=NO[C@@H]3C(=O)N(c4ccc(C)cc4C)C(=O)[C@H]23)c1OC. The lowest BCUT2D eigenvalue weighted by Crippen LogP contribution is -2.33. The summed E-state index contributed by atoms with van der Waals surface area (Å²) >= 11 is 0. The molecule has 7 nitrogen and oxygen atoms in total. The first-order valence-electron chi connectivity index (χ1n) is 8.88. The van der Waals surface area contributed by atoms with Crippen molar-refractivity contribution >= 4 is 23.2 Å². The van der Waals surface area contributed by atoms with Crippen molar-refractivity contribution in [3.63, 3.8) is 0 Å². The lowest BCUT2D eigenvalue weighted by Gasteiger charge is -2.18. The highest BCUT2D eigenvalue weighted by Crippen LogP contribution is 2.40. The van der Waals surface area contributed by atoms with Gasteiger partial charge >= 0.3 is 0 Å². The monoisotopic (exact) mass is 380 g/mol. The van der Waals surface area contributed by atoms with Gasteiger partial charge in [0.05, 0.1) is 19.9 Å². The first-order chi connectivity index (χ1) is 13.5. The number of rotatable bonds is 4. The average Bonchev–Trinajstić information content (AvgIpc) is 3.22. The Morgan fingerprint density at radius 1 is 1.04 bits per heavy atom. The number of anilines is 1. The Bertz CT molecular complexity index is 1010. The Balaban J connectivity index is 1.76. The highest BCUT2D eigenvalue weighted by atomic mass is 16.7. The van der Waals surface area contributed by atoms with Gasteiger partial charge in [-0.1, -0.05) is 28.9 Å². The second-order valence-corrected chi connectivity index (χ2v) is 6.82. The zero-order chi connectivity index (χ0) is 20.0. The zero-order valence-electron chi connectivity index (χ0n) is 16.1. The maximum Gasteiger partial charge on any atom is 0.278 e. The summed E-state index contributed by atoms with van der Waals surface area (Å²) in [7, 11) is 3.04. The van der Waals surface area contributed by atoms with Gasteiger partial charge in [0.25, 0.3) is 5.91 Å². The fourth-order valence-corrected chi connectivity index (χ4v) is 3.78. The van der Waals surface area contributed by atoms with Crippen LogP contribution in [0.25, 0.3) is 0 Å². The number of amides is 2. The molecule has 2 aromatic carbocycles. The normalized spacial score (nSPS) is 20.7. The third kappa shape index (κ3) is 2.54. The van der Waals surface area contributed by atoms with Crippen molar-refractivity contribution in [1.29, 1.82) is 0 Å². The Labute approximate surface area is 162 Å². The van der Waals surface area contributed by atoms with Crippen molar-refractivity contribution in [3.8, 4) is 11.5 Å². The molecule has 0 bridgehead atoms. The number of aryl methyl sites for hydroxylation is 2. The van der Waals surface area contributed by atoms with Gasteiger partial charge in [-0.15, -0.1) is 0 Å². The van der Waals surface area contributed by atoms with E-state index in [2.05, 4.69) is 5.16 Å². The van der Waals surface area contributed by atoms with E-state index in [9.17, 15) is 9.59 Å². The van der Waals surface area contributed by atoms with Crippen LogP contribution in [0.15, 0.2) is 41.6 Å². The second kappa shape index (κ2) is 6.67. The van der Waals surface area contributed by atoms with E-state index in [1.807, 2.05) is 26.0 Å². The summed E-state index contributed by atoms with van der Waals surface area (Å²) in [5.41, 5.74) is 3.40. The zero-order valence-corrected chi connectivity index (χ0v) is 16.1. The quantitative estimate of drug-likeness (QED) is 0.762. The van der Waals surface area contributed by atoms with Crippen LogP contribution in [0.1, 0.15) is 16.7 Å². The molecule has 4 rings (SSSR count). The van der Waals surface area contributed by atoms with Crippen LogP contribution < -0.4 is 14.4 Å². The fourth-order valence-electron chi connectivity index (χ4n) is 3.78. The molecule has 0 aromatic heterocycles. The van der Waals surface area contributed by atoms with Crippen LogP contribution >= 0.6 is 0 Å². The lowest BCUT2D eigenvalue weighted by atomic mass is 9.93. The van der Waals surface area contributed by atoms with Crippen molar-refractivity contribution in [2.45, 2.75) is 20.0 Å². The highest BCUT2D eigenvalue weighted by molar-refractivity contribution is 6.33. The summed E-state index contributed by atoms with van der Waals surface area (Å²) < 4.78 is 10.8. The predicted molar refractivity (Wildman–Crippen MR) is 103 cm³/mol. The lowest BCUT2D eigenvalue weighted by molar-refractivity contribution is -0.126. The molecule has 1 fully saturated rings. The molecule has 2 atom stereocenters. The third-order valence-electron chi connectivity index (χ3n) is 5.08. The molecule has 0 unspecified atom stereocenters. The Kier molecular flexibility index (Phi) is 4.30. The fraction of sp³-hybridized carbons (Fsp3) is 0.286. The van der Waals surface area contributed by atoms with Crippen LogP contribution in [0, 0.1) is 19.8 Å². The highest BCUT2D eigenvalue weighted by Gasteiger charge is 2.56. The number of carbonyl (C=O) groups excluding carboxylic acids is 2. The number of fused-ring (bicyclic) bond motifs is 1. The molecule has 0 saturated carbocycles. The smallest absolute Gasteiger partial charge is 0.278 e. The Morgan fingerprint density at radius 3 is 2.50 bits per heavy atom. The first-order valence-corrected chi connectivity index (χ1v) is 8.88. The molecule has 0 radical (unpaired) electrons. The summed E-state index contributed by atoms with van der Waals surface area (Å²) in [6.45, 7) is 3.83. The molecular weight excluding hydrogens is 360 g/mol. The van der Waals surface area contributed by atoms with Crippen LogP contribution in [0.2, 0.25) is 0 Å². The predicted octanol–water partition coefficient (Wildman–Crippen LogP) is 2.61. The summed E-state index contributed by atoms with van der Waals surface area (Å²) in [4.78, 5) is 32.8. The number of methoxy groups -OCH3 is 2. The van der Waals surface area contributed by atoms with E-state index in [1.165, 1.54) is 19.1 Å². The van der Waals surface area contributed by atoms with E-state index in [4.69, 9.17) is 14.3 Å². The second-order valence-electron chi connectivity index (χ2n) is 6.82. The van der Waals surface area contributed by atoms with Crippen molar-refractivity contribution in [3.05, 3.63) is 53.1 Å². The minimum absolute atomic E-state index is 0.358. The van der Waals surface area contributed by atoms with Crippen LogP contribution in [0.3, 0.4) is 0 Å². The van der Waals surface area contributed by atoms with Gasteiger partial charge in [0.1, 0.15) is 11.6 Å². The number of carbonyl (C=O) groups is 2. The number of nitrogens with zero attached hydrogens (tertiary/aromatic N) is 2. The molecule has 2 aromatic rings. The molecule has 0 spiro atoms. The Hall–Kier alpha value is -3.35. The van der Waals surface area contributed by atoms with E-state index in [-0.39, 0.29) is 5.91 Å². The van der Waals surface area contributed by atoms with E-state index in [0.717, 1.165) is 11.1 Å². The summed E-state index contributed by atoms with van der Waals surface area (Å²) in [6, 6.07) is 10.9. The maximum atomic E-state index is 13.2. The number of hydrogen-bond donors (Lipinski definition) is 0. The molecule has 0 N–H and O–H groups in total. The number of para-hydroxylation sites is 1. The molecule has 28 heavy (non-hydrogen) atoms. The molecule has 1 saturated heterocycles. The topological polar surface area (TPSA) is 77.4 Å². The average molecular weight is 380 g/mol. The standard InChI is InChI=1S/C21H20N2O5/c1-11-8-9-14(12(2)10-11)23-20(24)16-17(22-28-19(16)21(23)25)13-6-5-7-15(26-3)18(13)27-4/h5-10,16,19H,1-4H3/t16-,19+/m1/s1. The van der Waals surface area contributed by atoms with Crippen LogP contribution in [0.5, 0.6) is 11.5 Å². The molecule has 2 heterocycles. The molecule has 2 amide bonds. The van der Waals surface area contributed by atoms with E-state index < -0.39 is 17.9 Å². The van der Waals surface area contributed by atoms with Gasteiger partial charge in [0, 0.05) is 5.56 Å². The number of imide groups is 1. The molecule has 144 valence electrons. The van der Waals surface area contributed by atoms with Gasteiger partial charge in [-0.2, -0.15) is 0 Å². The van der Waals surface area contributed by atoms with Gasteiger partial charge in [0.15, 0.2) is 11.5 Å². The minimum atomic E-state index is -0.973.